The Hall–Kier alpha value is -2.74. The Labute approximate surface area is 166 Å². The average molecular weight is 407 g/mol. The Morgan fingerprint density at radius 2 is 1.68 bits per heavy atom. The first-order valence-electron chi connectivity index (χ1n) is 8.74. The summed E-state index contributed by atoms with van der Waals surface area (Å²) in [6.45, 7) is 5.73. The molecule has 0 bridgehead atoms. The van der Waals surface area contributed by atoms with Gasteiger partial charge < -0.3 is 14.8 Å². The number of ether oxygens (including phenoxy) is 2. The summed E-state index contributed by atoms with van der Waals surface area (Å²) in [6.07, 6.45) is 1.10. The second-order valence-electron chi connectivity index (χ2n) is 6.42. The number of carbonyl (C=O) groups excluding carboxylic acids is 1. The van der Waals surface area contributed by atoms with E-state index in [0.29, 0.717) is 17.2 Å². The minimum Gasteiger partial charge on any atom is -0.493 e. The fourth-order valence-corrected chi connectivity index (χ4v) is 3.96. The van der Waals surface area contributed by atoms with Crippen molar-refractivity contribution in [3.8, 4) is 11.5 Å². The van der Waals surface area contributed by atoms with Gasteiger partial charge >= 0.3 is 0 Å². The highest BCUT2D eigenvalue weighted by atomic mass is 32.2. The molecule has 7 nitrogen and oxygen atoms in total. The molecule has 0 unspecified atom stereocenters. The fraction of sp³-hybridized carbons (Fsp3) is 0.350. The summed E-state index contributed by atoms with van der Waals surface area (Å²) in [4.78, 5) is 13.1. The number of carbonyl (C=O) groups is 1. The molecule has 0 fully saturated rings. The van der Waals surface area contributed by atoms with Crippen molar-refractivity contribution in [2.45, 2.75) is 20.8 Å². The van der Waals surface area contributed by atoms with Crippen LogP contribution < -0.4 is 19.1 Å². The third-order valence-electron chi connectivity index (χ3n) is 4.33. The standard InChI is InChI=1S/C20H26N2O5S/c1-7-22(28(6,24)25)17-12-19(27-5)18(26-4)11-15(17)20(23)21-16-9-8-13(2)10-14(16)3/h8-12H,7H2,1-6H3,(H,21,23). The highest BCUT2D eigenvalue weighted by Gasteiger charge is 2.25. The van der Waals surface area contributed by atoms with Crippen LogP contribution in [0.5, 0.6) is 11.5 Å². The van der Waals surface area contributed by atoms with Gasteiger partial charge in [-0.3, -0.25) is 9.10 Å². The molecule has 2 aromatic carbocycles. The van der Waals surface area contributed by atoms with Crippen molar-refractivity contribution in [3.05, 3.63) is 47.0 Å². The molecule has 0 radical (unpaired) electrons. The SMILES string of the molecule is CCN(c1cc(OC)c(OC)cc1C(=O)Nc1ccc(C)cc1C)S(C)(=O)=O. The van der Waals surface area contributed by atoms with Crippen molar-refractivity contribution in [3.63, 3.8) is 0 Å². The molecule has 0 aliphatic rings. The van der Waals surface area contributed by atoms with E-state index in [1.807, 2.05) is 32.0 Å². The van der Waals surface area contributed by atoms with Crippen molar-refractivity contribution in [1.82, 2.24) is 0 Å². The van der Waals surface area contributed by atoms with Crippen LogP contribution in [0.25, 0.3) is 0 Å². The molecule has 28 heavy (non-hydrogen) atoms. The maximum atomic E-state index is 13.1. The van der Waals surface area contributed by atoms with Crippen molar-refractivity contribution < 1.29 is 22.7 Å². The first-order chi connectivity index (χ1) is 13.1. The molecule has 0 saturated carbocycles. The van der Waals surface area contributed by atoms with E-state index in [0.717, 1.165) is 21.7 Å². The number of benzene rings is 2. The molecule has 0 heterocycles. The molecule has 0 aromatic heterocycles. The normalized spacial score (nSPS) is 11.1. The van der Waals surface area contributed by atoms with Crippen LogP contribution in [0.15, 0.2) is 30.3 Å². The van der Waals surface area contributed by atoms with Gasteiger partial charge in [0.1, 0.15) is 0 Å². The summed E-state index contributed by atoms with van der Waals surface area (Å²) in [7, 11) is -0.690. The van der Waals surface area contributed by atoms with Gasteiger partial charge in [0.25, 0.3) is 5.91 Å². The third-order valence-corrected chi connectivity index (χ3v) is 5.59. The lowest BCUT2D eigenvalue weighted by molar-refractivity contribution is 0.102. The van der Waals surface area contributed by atoms with Crippen molar-refractivity contribution in [2.75, 3.05) is 36.6 Å². The van der Waals surface area contributed by atoms with Gasteiger partial charge in [-0.2, -0.15) is 0 Å². The van der Waals surface area contributed by atoms with Gasteiger partial charge in [0.2, 0.25) is 10.0 Å². The van der Waals surface area contributed by atoms with E-state index in [1.54, 1.807) is 6.92 Å². The number of sulfonamides is 1. The van der Waals surface area contributed by atoms with E-state index in [1.165, 1.54) is 26.4 Å². The van der Waals surface area contributed by atoms with E-state index in [2.05, 4.69) is 5.32 Å². The summed E-state index contributed by atoms with van der Waals surface area (Å²) in [5.41, 5.74) is 3.04. The summed E-state index contributed by atoms with van der Waals surface area (Å²) >= 11 is 0. The molecular formula is C20H26N2O5S. The zero-order valence-electron chi connectivity index (χ0n) is 17.0. The van der Waals surface area contributed by atoms with Crippen LogP contribution in [0.3, 0.4) is 0 Å². The molecular weight excluding hydrogens is 380 g/mol. The fourth-order valence-electron chi connectivity index (χ4n) is 2.98. The number of hydrogen-bond donors (Lipinski definition) is 1. The molecule has 0 aliphatic carbocycles. The maximum Gasteiger partial charge on any atom is 0.257 e. The number of hydrogen-bond acceptors (Lipinski definition) is 5. The van der Waals surface area contributed by atoms with E-state index < -0.39 is 15.9 Å². The molecule has 0 spiro atoms. The average Bonchev–Trinajstić information content (AvgIpc) is 2.62. The molecule has 2 aromatic rings. The highest BCUT2D eigenvalue weighted by Crippen LogP contribution is 2.36. The number of amides is 1. The monoisotopic (exact) mass is 406 g/mol. The van der Waals surface area contributed by atoms with Gasteiger partial charge in [-0.15, -0.1) is 0 Å². The number of nitrogens with one attached hydrogen (secondary N) is 1. The highest BCUT2D eigenvalue weighted by molar-refractivity contribution is 7.92. The molecule has 1 amide bonds. The van der Waals surface area contributed by atoms with Crippen LogP contribution in [-0.4, -0.2) is 41.3 Å². The Morgan fingerprint density at radius 3 is 2.18 bits per heavy atom. The van der Waals surface area contributed by atoms with Gasteiger partial charge in [-0.1, -0.05) is 17.7 Å². The number of aryl methyl sites for hydroxylation is 2. The zero-order chi connectivity index (χ0) is 21.1. The molecule has 152 valence electrons. The smallest absolute Gasteiger partial charge is 0.257 e. The van der Waals surface area contributed by atoms with Gasteiger partial charge in [0.05, 0.1) is 31.7 Å². The minimum atomic E-state index is -3.60. The zero-order valence-corrected chi connectivity index (χ0v) is 17.8. The third kappa shape index (κ3) is 4.56. The number of rotatable bonds is 7. The molecule has 0 saturated heterocycles. The lowest BCUT2D eigenvalue weighted by Crippen LogP contribution is -2.31. The van der Waals surface area contributed by atoms with Gasteiger partial charge in [-0.05, 0) is 38.5 Å². The van der Waals surface area contributed by atoms with E-state index >= 15 is 0 Å². The van der Waals surface area contributed by atoms with E-state index in [9.17, 15) is 13.2 Å². The second kappa shape index (κ2) is 8.52. The lowest BCUT2D eigenvalue weighted by atomic mass is 10.1. The maximum absolute atomic E-state index is 13.1. The Balaban J connectivity index is 2.61. The molecule has 8 heteroatoms. The summed E-state index contributed by atoms with van der Waals surface area (Å²) in [5.74, 6) is 0.231. The number of nitrogens with zero attached hydrogens (tertiary/aromatic N) is 1. The predicted molar refractivity (Wildman–Crippen MR) is 111 cm³/mol. The summed E-state index contributed by atoms with van der Waals surface area (Å²) < 4.78 is 36.3. The Morgan fingerprint density at radius 1 is 1.07 bits per heavy atom. The van der Waals surface area contributed by atoms with Gasteiger partial charge in [0.15, 0.2) is 11.5 Å². The van der Waals surface area contributed by atoms with Crippen molar-refractivity contribution in [1.29, 1.82) is 0 Å². The topological polar surface area (TPSA) is 84.9 Å². The molecule has 0 atom stereocenters. The van der Waals surface area contributed by atoms with Crippen LogP contribution in [0, 0.1) is 13.8 Å². The van der Waals surface area contributed by atoms with Gasteiger partial charge in [-0.25, -0.2) is 8.42 Å². The van der Waals surface area contributed by atoms with E-state index in [4.69, 9.17) is 9.47 Å². The largest absolute Gasteiger partial charge is 0.493 e. The van der Waals surface area contributed by atoms with Crippen LogP contribution in [-0.2, 0) is 10.0 Å². The quantitative estimate of drug-likeness (QED) is 0.762. The lowest BCUT2D eigenvalue weighted by Gasteiger charge is -2.24. The first-order valence-corrected chi connectivity index (χ1v) is 10.6. The summed E-state index contributed by atoms with van der Waals surface area (Å²) in [6, 6.07) is 8.66. The predicted octanol–water partition coefficient (Wildman–Crippen LogP) is 3.36. The number of anilines is 2. The molecule has 0 aliphatic heterocycles. The Bertz CT molecular complexity index is 986. The Kier molecular flexibility index (Phi) is 6.56. The van der Waals surface area contributed by atoms with Crippen LogP contribution in [0.4, 0.5) is 11.4 Å². The minimum absolute atomic E-state index is 0.165. The van der Waals surface area contributed by atoms with Crippen molar-refractivity contribution >= 4 is 27.3 Å². The van der Waals surface area contributed by atoms with Crippen LogP contribution in [0.1, 0.15) is 28.4 Å². The van der Waals surface area contributed by atoms with Gasteiger partial charge in [0, 0.05) is 18.3 Å². The second-order valence-corrected chi connectivity index (χ2v) is 8.33. The van der Waals surface area contributed by atoms with Crippen molar-refractivity contribution in [2.24, 2.45) is 0 Å². The molecule has 2 rings (SSSR count). The van der Waals surface area contributed by atoms with Crippen LogP contribution in [0.2, 0.25) is 0 Å². The first kappa shape index (κ1) is 21.6. The molecule has 1 N–H and O–H groups in total. The number of methoxy groups -OCH3 is 2. The van der Waals surface area contributed by atoms with E-state index in [-0.39, 0.29) is 17.8 Å². The van der Waals surface area contributed by atoms with Crippen LogP contribution >= 0.6 is 0 Å². The summed E-state index contributed by atoms with van der Waals surface area (Å²) in [5, 5.41) is 2.86.